The second-order valence-corrected chi connectivity index (χ2v) is 4.11. The Morgan fingerprint density at radius 2 is 1.50 bits per heavy atom. The van der Waals surface area contributed by atoms with Crippen LogP contribution in [-0.2, 0) is 0 Å². The van der Waals surface area contributed by atoms with E-state index < -0.39 is 11.6 Å². The molecule has 1 aromatic carbocycles. The highest BCUT2D eigenvalue weighted by Gasteiger charge is 2.16. The molecular formula is C14H22F2. The Morgan fingerprint density at radius 1 is 1.00 bits per heavy atom. The van der Waals surface area contributed by atoms with Gasteiger partial charge in [0, 0.05) is 0 Å². The van der Waals surface area contributed by atoms with Crippen molar-refractivity contribution in [2.24, 2.45) is 5.92 Å². The van der Waals surface area contributed by atoms with Crippen molar-refractivity contribution in [3.8, 4) is 0 Å². The summed E-state index contributed by atoms with van der Waals surface area (Å²) in [7, 11) is 0. The second kappa shape index (κ2) is 6.62. The van der Waals surface area contributed by atoms with E-state index in [0.29, 0.717) is 11.5 Å². The van der Waals surface area contributed by atoms with E-state index in [1.807, 2.05) is 20.8 Å². The highest BCUT2D eigenvalue weighted by atomic mass is 19.2. The summed E-state index contributed by atoms with van der Waals surface area (Å²) in [6.07, 6.45) is 0. The average molecular weight is 228 g/mol. The third-order valence-electron chi connectivity index (χ3n) is 2.87. The molecule has 16 heavy (non-hydrogen) atoms. The zero-order chi connectivity index (χ0) is 12.9. The van der Waals surface area contributed by atoms with Gasteiger partial charge in [0.25, 0.3) is 0 Å². The van der Waals surface area contributed by atoms with Crippen LogP contribution in [0.3, 0.4) is 0 Å². The predicted octanol–water partition coefficient (Wildman–Crippen LogP) is 5.06. The molecule has 0 spiro atoms. The van der Waals surface area contributed by atoms with Crippen LogP contribution in [0.15, 0.2) is 12.1 Å². The van der Waals surface area contributed by atoms with Gasteiger partial charge in [-0.2, -0.15) is 0 Å². The van der Waals surface area contributed by atoms with Crippen molar-refractivity contribution in [2.75, 3.05) is 0 Å². The fourth-order valence-electron chi connectivity index (χ4n) is 1.52. The lowest BCUT2D eigenvalue weighted by Gasteiger charge is -2.18. The third-order valence-corrected chi connectivity index (χ3v) is 2.87. The first-order chi connectivity index (χ1) is 7.45. The predicted molar refractivity (Wildman–Crippen MR) is 65.7 cm³/mol. The van der Waals surface area contributed by atoms with Gasteiger partial charge in [0.15, 0.2) is 11.6 Å². The van der Waals surface area contributed by atoms with Crippen LogP contribution >= 0.6 is 0 Å². The molecular weight excluding hydrogens is 206 g/mol. The average Bonchev–Trinajstić information content (AvgIpc) is 2.28. The molecule has 0 radical (unpaired) electrons. The van der Waals surface area contributed by atoms with Crippen molar-refractivity contribution in [2.45, 2.75) is 47.5 Å². The maximum atomic E-state index is 13.2. The first kappa shape index (κ1) is 15.1. The van der Waals surface area contributed by atoms with Crippen LogP contribution in [0.5, 0.6) is 0 Å². The van der Waals surface area contributed by atoms with E-state index in [4.69, 9.17) is 0 Å². The molecule has 0 amide bonds. The molecule has 1 rings (SSSR count). The fourth-order valence-corrected chi connectivity index (χ4v) is 1.52. The van der Waals surface area contributed by atoms with E-state index in [-0.39, 0.29) is 5.92 Å². The van der Waals surface area contributed by atoms with Crippen LogP contribution in [0.25, 0.3) is 0 Å². The van der Waals surface area contributed by atoms with Crippen molar-refractivity contribution in [3.05, 3.63) is 34.9 Å². The fraction of sp³-hybridized carbons (Fsp3) is 0.571. The molecule has 2 heteroatoms. The molecule has 0 aliphatic rings. The van der Waals surface area contributed by atoms with E-state index >= 15 is 0 Å². The van der Waals surface area contributed by atoms with Gasteiger partial charge in [-0.1, -0.05) is 40.7 Å². The molecule has 0 saturated carbocycles. The lowest BCUT2D eigenvalue weighted by atomic mass is 9.87. The summed E-state index contributed by atoms with van der Waals surface area (Å²) in [5, 5.41) is 0. The molecule has 0 aliphatic carbocycles. The number of hydrogen-bond donors (Lipinski definition) is 0. The van der Waals surface area contributed by atoms with Gasteiger partial charge < -0.3 is 0 Å². The van der Waals surface area contributed by atoms with E-state index in [9.17, 15) is 8.78 Å². The molecule has 92 valence electrons. The van der Waals surface area contributed by atoms with Gasteiger partial charge in [0.05, 0.1) is 0 Å². The SMILES string of the molecule is CC.Cc1c(C(C)C(C)C)ccc(F)c1F. The van der Waals surface area contributed by atoms with Gasteiger partial charge in [-0.25, -0.2) is 8.78 Å². The Labute approximate surface area is 97.7 Å². The van der Waals surface area contributed by atoms with Crippen LogP contribution in [0.4, 0.5) is 8.78 Å². The number of hydrogen-bond acceptors (Lipinski definition) is 0. The van der Waals surface area contributed by atoms with Crippen LogP contribution in [0.1, 0.15) is 51.7 Å². The van der Waals surface area contributed by atoms with Gasteiger partial charge in [0.2, 0.25) is 0 Å². The monoisotopic (exact) mass is 228 g/mol. The largest absolute Gasteiger partial charge is 0.204 e. The molecule has 0 saturated heterocycles. The van der Waals surface area contributed by atoms with E-state index in [1.54, 1.807) is 13.0 Å². The first-order valence-electron chi connectivity index (χ1n) is 5.89. The smallest absolute Gasteiger partial charge is 0.162 e. The normalized spacial score (nSPS) is 12.1. The minimum Gasteiger partial charge on any atom is -0.204 e. The Bertz CT molecular complexity index is 330. The van der Waals surface area contributed by atoms with Gasteiger partial charge in [-0.3, -0.25) is 0 Å². The topological polar surface area (TPSA) is 0 Å². The van der Waals surface area contributed by atoms with E-state index in [2.05, 4.69) is 13.8 Å². The lowest BCUT2D eigenvalue weighted by molar-refractivity contribution is 0.488. The van der Waals surface area contributed by atoms with Crippen molar-refractivity contribution in [1.82, 2.24) is 0 Å². The summed E-state index contributed by atoms with van der Waals surface area (Å²) in [6.45, 7) is 11.8. The lowest BCUT2D eigenvalue weighted by Crippen LogP contribution is -2.06. The molecule has 0 heterocycles. The number of rotatable bonds is 2. The molecule has 0 aromatic heterocycles. The Hall–Kier alpha value is -0.920. The molecule has 0 bridgehead atoms. The summed E-state index contributed by atoms with van der Waals surface area (Å²) in [5.41, 5.74) is 1.34. The van der Waals surface area contributed by atoms with Crippen LogP contribution in [0, 0.1) is 24.5 Å². The summed E-state index contributed by atoms with van der Waals surface area (Å²) in [4.78, 5) is 0. The quantitative estimate of drug-likeness (QED) is 0.663. The minimum atomic E-state index is -0.762. The van der Waals surface area contributed by atoms with Crippen molar-refractivity contribution >= 4 is 0 Å². The van der Waals surface area contributed by atoms with Gasteiger partial charge in [-0.05, 0) is 36.0 Å². The first-order valence-corrected chi connectivity index (χ1v) is 5.89. The highest BCUT2D eigenvalue weighted by Crippen LogP contribution is 2.28. The van der Waals surface area contributed by atoms with Crippen molar-refractivity contribution in [1.29, 1.82) is 0 Å². The molecule has 0 nitrogen and oxygen atoms in total. The van der Waals surface area contributed by atoms with Crippen molar-refractivity contribution in [3.63, 3.8) is 0 Å². The zero-order valence-corrected chi connectivity index (χ0v) is 11.1. The number of halogens is 2. The Kier molecular flexibility index (Phi) is 6.24. The highest BCUT2D eigenvalue weighted by molar-refractivity contribution is 5.31. The third kappa shape index (κ3) is 3.29. The number of benzene rings is 1. The molecule has 1 unspecified atom stereocenters. The molecule has 0 fully saturated rings. The van der Waals surface area contributed by atoms with Gasteiger partial charge in [0.1, 0.15) is 0 Å². The summed E-state index contributed by atoms with van der Waals surface area (Å²) in [5.74, 6) is -0.791. The summed E-state index contributed by atoms with van der Waals surface area (Å²) < 4.78 is 26.1. The summed E-state index contributed by atoms with van der Waals surface area (Å²) >= 11 is 0. The molecule has 0 N–H and O–H groups in total. The van der Waals surface area contributed by atoms with Crippen LogP contribution in [-0.4, -0.2) is 0 Å². The maximum Gasteiger partial charge on any atom is 0.162 e. The van der Waals surface area contributed by atoms with Gasteiger partial charge >= 0.3 is 0 Å². The van der Waals surface area contributed by atoms with Gasteiger partial charge in [-0.15, -0.1) is 0 Å². The Morgan fingerprint density at radius 3 is 1.94 bits per heavy atom. The molecule has 0 aliphatic heterocycles. The minimum absolute atomic E-state index is 0.255. The standard InChI is InChI=1S/C12H16F2.C2H6/c1-7(2)8(3)10-5-6-11(13)12(14)9(10)4;1-2/h5-8H,1-4H3;1-2H3. The molecule has 1 atom stereocenters. The van der Waals surface area contributed by atoms with E-state index in [1.165, 1.54) is 6.07 Å². The zero-order valence-electron chi connectivity index (χ0n) is 11.1. The van der Waals surface area contributed by atoms with E-state index in [0.717, 1.165) is 5.56 Å². The van der Waals surface area contributed by atoms with Crippen LogP contribution in [0.2, 0.25) is 0 Å². The maximum absolute atomic E-state index is 13.2. The van der Waals surface area contributed by atoms with Crippen molar-refractivity contribution < 1.29 is 8.78 Å². The Balaban J connectivity index is 0.00000106. The summed E-state index contributed by atoms with van der Waals surface area (Å²) in [6, 6.07) is 2.88. The van der Waals surface area contributed by atoms with Crippen LogP contribution < -0.4 is 0 Å². The second-order valence-electron chi connectivity index (χ2n) is 4.11. The molecule has 1 aromatic rings.